The average molecular weight is 299 g/mol. The maximum absolute atomic E-state index is 13.4. The van der Waals surface area contributed by atoms with E-state index in [0.29, 0.717) is 9.88 Å². The highest BCUT2D eigenvalue weighted by molar-refractivity contribution is 7.78. The first-order valence-electron chi connectivity index (χ1n) is 5.28. The summed E-state index contributed by atoms with van der Waals surface area (Å²) in [6.07, 6.45) is 0. The molecule has 1 aromatic heterocycles. The van der Waals surface area contributed by atoms with Gasteiger partial charge in [-0.15, -0.1) is 11.3 Å². The molecule has 0 saturated heterocycles. The summed E-state index contributed by atoms with van der Waals surface area (Å²) in [6, 6.07) is 8.95. The molecule has 0 radical (unpaired) electrons. The van der Waals surface area contributed by atoms with Gasteiger partial charge in [-0.2, -0.15) is 0 Å². The Morgan fingerprint density at radius 2 is 2.05 bits per heavy atom. The third-order valence-electron chi connectivity index (χ3n) is 2.28. The number of carbonyl (C=O) groups is 1. The number of thiophene rings is 1. The van der Waals surface area contributed by atoms with Crippen molar-refractivity contribution in [2.45, 2.75) is 5.75 Å². The lowest BCUT2D eigenvalue weighted by Gasteiger charge is -2.03. The topological polar surface area (TPSA) is 66.4 Å². The van der Waals surface area contributed by atoms with E-state index in [1.165, 1.54) is 29.5 Å². The van der Waals surface area contributed by atoms with Gasteiger partial charge in [0.05, 0.1) is 16.3 Å². The lowest BCUT2D eigenvalue weighted by atomic mass is 10.2. The molecule has 0 bridgehead atoms. The highest BCUT2D eigenvalue weighted by atomic mass is 32.2. The zero-order chi connectivity index (χ0) is 13.8. The zero-order valence-electron chi connectivity index (χ0n) is 9.63. The number of rotatable bonds is 4. The molecule has 0 aliphatic carbocycles. The SMILES string of the molecule is O=C(Nc1ccc(CS(=O)O)s1)c1ccccc1F. The van der Waals surface area contributed by atoms with Crippen LogP contribution in [0, 0.1) is 5.82 Å². The second-order valence-corrected chi connectivity index (χ2v) is 5.77. The minimum atomic E-state index is -1.92. The van der Waals surface area contributed by atoms with E-state index in [-0.39, 0.29) is 11.3 Å². The van der Waals surface area contributed by atoms with Crippen molar-refractivity contribution in [3.05, 3.63) is 52.7 Å². The fourth-order valence-corrected chi connectivity index (χ4v) is 3.05. The van der Waals surface area contributed by atoms with Gasteiger partial charge in [-0.3, -0.25) is 4.79 Å². The first kappa shape index (κ1) is 13.9. The van der Waals surface area contributed by atoms with Gasteiger partial charge < -0.3 is 9.87 Å². The Bertz CT molecular complexity index is 627. The number of hydrogen-bond donors (Lipinski definition) is 2. The number of carbonyl (C=O) groups excluding carboxylic acids is 1. The minimum Gasteiger partial charge on any atom is -0.313 e. The Morgan fingerprint density at radius 3 is 2.74 bits per heavy atom. The summed E-state index contributed by atoms with van der Waals surface area (Å²) in [4.78, 5) is 12.5. The van der Waals surface area contributed by atoms with Gasteiger partial charge in [-0.1, -0.05) is 12.1 Å². The van der Waals surface area contributed by atoms with Gasteiger partial charge in [0.15, 0.2) is 11.1 Å². The van der Waals surface area contributed by atoms with Crippen molar-refractivity contribution < 1.29 is 17.9 Å². The molecule has 19 heavy (non-hydrogen) atoms. The summed E-state index contributed by atoms with van der Waals surface area (Å²) >= 11 is -0.735. The molecule has 2 aromatic rings. The van der Waals surface area contributed by atoms with E-state index in [4.69, 9.17) is 4.55 Å². The van der Waals surface area contributed by atoms with Crippen LogP contribution in [-0.4, -0.2) is 14.7 Å². The Labute approximate surface area is 115 Å². The lowest BCUT2D eigenvalue weighted by Crippen LogP contribution is -2.12. The Morgan fingerprint density at radius 1 is 1.32 bits per heavy atom. The summed E-state index contributed by atoms with van der Waals surface area (Å²) in [5.41, 5.74) is -0.0387. The highest BCUT2D eigenvalue weighted by Crippen LogP contribution is 2.23. The quantitative estimate of drug-likeness (QED) is 0.853. The number of amides is 1. The van der Waals surface area contributed by atoms with Crippen LogP contribution in [0.25, 0.3) is 0 Å². The second kappa shape index (κ2) is 6.05. The molecule has 1 atom stereocenters. The Kier molecular flexibility index (Phi) is 4.41. The number of anilines is 1. The van der Waals surface area contributed by atoms with Crippen molar-refractivity contribution >= 4 is 33.3 Å². The van der Waals surface area contributed by atoms with E-state index in [1.54, 1.807) is 18.2 Å². The Hall–Kier alpha value is -1.57. The van der Waals surface area contributed by atoms with Crippen molar-refractivity contribution in [1.29, 1.82) is 0 Å². The first-order valence-corrected chi connectivity index (χ1v) is 7.37. The largest absolute Gasteiger partial charge is 0.313 e. The standard InChI is InChI=1S/C12H10FNO3S2/c13-10-4-2-1-3-9(10)12(15)14-11-6-5-8(18-11)7-19(16)17/h1-6H,7H2,(H,14,15)(H,16,17). The molecule has 0 aliphatic heterocycles. The average Bonchev–Trinajstić information content (AvgIpc) is 2.76. The fraction of sp³-hybridized carbons (Fsp3) is 0.0833. The molecule has 1 unspecified atom stereocenters. The van der Waals surface area contributed by atoms with Crippen LogP contribution in [-0.2, 0) is 16.8 Å². The normalized spacial score (nSPS) is 12.1. The van der Waals surface area contributed by atoms with Crippen molar-refractivity contribution in [2.24, 2.45) is 0 Å². The molecule has 1 heterocycles. The van der Waals surface area contributed by atoms with Crippen molar-refractivity contribution in [3.63, 3.8) is 0 Å². The van der Waals surface area contributed by atoms with Gasteiger partial charge >= 0.3 is 0 Å². The molecule has 0 aliphatic rings. The van der Waals surface area contributed by atoms with E-state index < -0.39 is 22.8 Å². The van der Waals surface area contributed by atoms with Gasteiger partial charge in [-0.05, 0) is 24.3 Å². The third-order valence-corrected chi connectivity index (χ3v) is 4.02. The van der Waals surface area contributed by atoms with Gasteiger partial charge in [0.1, 0.15) is 5.82 Å². The number of nitrogens with one attached hydrogen (secondary N) is 1. The molecular formula is C12H10FNO3S2. The molecule has 0 saturated carbocycles. The molecule has 2 N–H and O–H groups in total. The van der Waals surface area contributed by atoms with Crippen LogP contribution >= 0.6 is 11.3 Å². The van der Waals surface area contributed by atoms with Gasteiger partial charge in [0, 0.05) is 4.88 Å². The van der Waals surface area contributed by atoms with Crippen LogP contribution in [0.2, 0.25) is 0 Å². The first-order chi connectivity index (χ1) is 9.06. The molecule has 0 spiro atoms. The molecule has 0 fully saturated rings. The summed E-state index contributed by atoms with van der Waals surface area (Å²) in [5, 5.41) is 3.06. The molecule has 2 rings (SSSR count). The van der Waals surface area contributed by atoms with E-state index in [9.17, 15) is 13.4 Å². The van der Waals surface area contributed by atoms with E-state index >= 15 is 0 Å². The smallest absolute Gasteiger partial charge is 0.259 e. The van der Waals surface area contributed by atoms with Gasteiger partial charge in [0.25, 0.3) is 5.91 Å². The number of hydrogen-bond acceptors (Lipinski definition) is 3. The summed E-state index contributed by atoms with van der Waals surface area (Å²) in [7, 11) is 0. The minimum absolute atomic E-state index is 0.0141. The summed E-state index contributed by atoms with van der Waals surface area (Å²) < 4.78 is 32.8. The maximum Gasteiger partial charge on any atom is 0.259 e. The number of benzene rings is 1. The Balaban J connectivity index is 2.09. The molecule has 1 amide bonds. The van der Waals surface area contributed by atoms with Crippen LogP contribution in [0.15, 0.2) is 36.4 Å². The highest BCUT2D eigenvalue weighted by Gasteiger charge is 2.12. The maximum atomic E-state index is 13.4. The van der Waals surface area contributed by atoms with Gasteiger partial charge in [0.2, 0.25) is 0 Å². The third kappa shape index (κ3) is 3.69. The summed E-state index contributed by atoms with van der Waals surface area (Å²) in [6.45, 7) is 0. The van der Waals surface area contributed by atoms with Crippen LogP contribution in [0.3, 0.4) is 0 Å². The molecular weight excluding hydrogens is 289 g/mol. The predicted molar refractivity (Wildman–Crippen MR) is 73.1 cm³/mol. The monoisotopic (exact) mass is 299 g/mol. The van der Waals surface area contributed by atoms with Crippen LogP contribution in [0.5, 0.6) is 0 Å². The second-order valence-electron chi connectivity index (χ2n) is 3.67. The fourth-order valence-electron chi connectivity index (χ4n) is 1.47. The van der Waals surface area contributed by atoms with Crippen molar-refractivity contribution in [2.75, 3.05) is 5.32 Å². The van der Waals surface area contributed by atoms with E-state index in [0.717, 1.165) is 0 Å². The predicted octanol–water partition coefficient (Wildman–Crippen LogP) is 2.86. The molecule has 4 nitrogen and oxygen atoms in total. The van der Waals surface area contributed by atoms with E-state index in [1.807, 2.05) is 0 Å². The van der Waals surface area contributed by atoms with Crippen molar-refractivity contribution in [1.82, 2.24) is 0 Å². The number of halogens is 1. The van der Waals surface area contributed by atoms with Crippen LogP contribution < -0.4 is 5.32 Å². The summed E-state index contributed by atoms with van der Waals surface area (Å²) in [5.74, 6) is -1.12. The van der Waals surface area contributed by atoms with Crippen molar-refractivity contribution in [3.8, 4) is 0 Å². The lowest BCUT2D eigenvalue weighted by molar-refractivity contribution is 0.102. The molecule has 100 valence electrons. The van der Waals surface area contributed by atoms with Crippen LogP contribution in [0.1, 0.15) is 15.2 Å². The zero-order valence-corrected chi connectivity index (χ0v) is 11.3. The van der Waals surface area contributed by atoms with Crippen LogP contribution in [0.4, 0.5) is 9.39 Å². The molecule has 1 aromatic carbocycles. The molecule has 7 heteroatoms. The van der Waals surface area contributed by atoms with E-state index in [2.05, 4.69) is 5.32 Å². The van der Waals surface area contributed by atoms with Gasteiger partial charge in [-0.25, -0.2) is 8.60 Å².